The van der Waals surface area contributed by atoms with Crippen molar-refractivity contribution >= 4 is 91.0 Å². The lowest BCUT2D eigenvalue weighted by atomic mass is 10.00. The lowest BCUT2D eigenvalue weighted by Crippen LogP contribution is -2.53. The first-order chi connectivity index (χ1) is 32.9. The van der Waals surface area contributed by atoms with Crippen LogP contribution in [0.2, 0.25) is 0 Å². The molecule has 0 bridgehead atoms. The number of benzene rings is 3. The predicted octanol–water partition coefficient (Wildman–Crippen LogP) is 7.14. The highest BCUT2D eigenvalue weighted by Gasteiger charge is 2.35. The number of rotatable bonds is 12. The molecule has 3 aromatic heterocycles. The Hall–Kier alpha value is -5.61. The van der Waals surface area contributed by atoms with Crippen LogP contribution in [0.4, 0.5) is 28.8 Å². The van der Waals surface area contributed by atoms with Gasteiger partial charge in [0.25, 0.3) is 0 Å². The number of ether oxygens (including phenoxy) is 1. The first kappa shape index (κ1) is 46.1. The van der Waals surface area contributed by atoms with Gasteiger partial charge in [0.05, 0.1) is 39.5 Å². The number of pyridine rings is 1. The molecule has 4 saturated heterocycles. The molecule has 6 aromatic rings. The maximum atomic E-state index is 14.4. The number of aromatic nitrogens is 5. The Kier molecular flexibility index (Phi) is 12.9. The first-order valence-electron chi connectivity index (χ1n) is 23.9. The van der Waals surface area contributed by atoms with Crippen LogP contribution < -0.4 is 36.6 Å². The lowest BCUT2D eigenvalue weighted by molar-refractivity contribution is -0.135. The van der Waals surface area contributed by atoms with E-state index in [4.69, 9.17) is 14.7 Å². The SMILES string of the molecule is COc1cc(N2CCC(N3CCN(CCc4cccc5c4n(C)c(=O)n5C4CCC(=O)NC4=O)CC3)CC2)c(C)cc1Nc1ncc(Br)c(Nc2ccc3nc(C)ccc3c2P2(=O)CCCC2)n1. The fourth-order valence-electron chi connectivity index (χ4n) is 11.0. The van der Waals surface area contributed by atoms with Crippen molar-refractivity contribution in [2.75, 3.05) is 80.8 Å². The molecular weight excluding hydrogens is 945 g/mol. The Morgan fingerprint density at radius 1 is 0.897 bits per heavy atom. The third kappa shape index (κ3) is 8.94. The van der Waals surface area contributed by atoms with Gasteiger partial charge >= 0.3 is 5.69 Å². The smallest absolute Gasteiger partial charge is 0.329 e. The van der Waals surface area contributed by atoms with E-state index in [0.717, 1.165) is 139 Å². The number of nitrogens with one attached hydrogen (secondary N) is 3. The van der Waals surface area contributed by atoms with Crippen molar-refractivity contribution < 1.29 is 18.9 Å². The van der Waals surface area contributed by atoms with E-state index in [1.54, 1.807) is 29.5 Å². The van der Waals surface area contributed by atoms with Crippen molar-refractivity contribution in [2.24, 2.45) is 7.05 Å². The van der Waals surface area contributed by atoms with Gasteiger partial charge in [-0.25, -0.2) is 9.78 Å². The highest BCUT2D eigenvalue weighted by molar-refractivity contribution is 9.10. The molecule has 1 unspecified atom stereocenters. The van der Waals surface area contributed by atoms with E-state index >= 15 is 0 Å². The van der Waals surface area contributed by atoms with Gasteiger partial charge in [-0.1, -0.05) is 18.2 Å². The monoisotopic (exact) mass is 1000 g/mol. The molecule has 3 aromatic carbocycles. The molecule has 18 heteroatoms. The zero-order valence-corrected chi connectivity index (χ0v) is 41.7. The number of carbonyl (C=O) groups is 2. The summed E-state index contributed by atoms with van der Waals surface area (Å²) in [4.78, 5) is 59.9. The van der Waals surface area contributed by atoms with E-state index in [1.165, 1.54) is 0 Å². The van der Waals surface area contributed by atoms with Gasteiger partial charge in [0.2, 0.25) is 17.8 Å². The number of piperidine rings is 2. The zero-order chi connectivity index (χ0) is 47.3. The molecule has 4 aliphatic rings. The quantitative estimate of drug-likeness (QED) is 0.0836. The van der Waals surface area contributed by atoms with E-state index in [-0.39, 0.29) is 18.0 Å². The molecule has 0 aliphatic carbocycles. The lowest BCUT2D eigenvalue weighted by Gasteiger charge is -2.43. The molecule has 7 heterocycles. The fraction of sp³-hybridized carbons (Fsp3) is 0.440. The standard InChI is InChI=1S/C50H59BrN11O5P/c1-31-28-39(55-49-52-30-36(51)47(57-49)54-38-13-12-37-35(11-10-32(2)53-37)46(38)68(66)26-5-6-27-68)43(67-4)29-42(31)61-20-17-34(18-21-61)60-24-22-59(23-25-60)19-16-33-8-7-9-40-45(33)58(3)50(65)62(40)41-14-15-44(63)56-48(41)64/h7-13,28-30,34,41H,5-6,14-27H2,1-4H3,(H,56,63,64)(H2,52,54,55,57). The number of aryl methyl sites for hydroxylation is 3. The third-order valence-corrected chi connectivity index (χ3v) is 18.5. The number of methoxy groups -OCH3 is 1. The maximum Gasteiger partial charge on any atom is 0.329 e. The molecule has 10 rings (SSSR count). The van der Waals surface area contributed by atoms with E-state index in [2.05, 4.69) is 82.8 Å². The largest absolute Gasteiger partial charge is 0.494 e. The number of nitrogens with zero attached hydrogens (tertiary/aromatic N) is 8. The number of imide groups is 1. The van der Waals surface area contributed by atoms with Crippen LogP contribution in [0.3, 0.4) is 0 Å². The normalized spacial score (nSPS) is 19.5. The second kappa shape index (κ2) is 19.1. The van der Waals surface area contributed by atoms with Crippen LogP contribution in [0.5, 0.6) is 5.75 Å². The molecule has 3 N–H and O–H groups in total. The molecule has 0 radical (unpaired) electrons. The van der Waals surface area contributed by atoms with Gasteiger partial charge in [0, 0.05) is 112 Å². The molecule has 4 fully saturated rings. The molecule has 2 amide bonds. The van der Waals surface area contributed by atoms with E-state index in [1.807, 2.05) is 37.3 Å². The molecule has 68 heavy (non-hydrogen) atoms. The van der Waals surface area contributed by atoms with Crippen LogP contribution in [0.25, 0.3) is 21.9 Å². The number of piperazine rings is 1. The summed E-state index contributed by atoms with van der Waals surface area (Å²) >= 11 is 3.66. The summed E-state index contributed by atoms with van der Waals surface area (Å²) in [5, 5.41) is 11.1. The second-order valence-corrected chi connectivity index (χ2v) is 22.8. The minimum absolute atomic E-state index is 0.220. The summed E-state index contributed by atoms with van der Waals surface area (Å²) in [5.74, 6) is 0.961. The van der Waals surface area contributed by atoms with Crippen molar-refractivity contribution in [3.05, 3.63) is 92.6 Å². The number of carbonyl (C=O) groups excluding carboxylic acids is 2. The van der Waals surface area contributed by atoms with Crippen LogP contribution in [-0.2, 0) is 27.6 Å². The summed E-state index contributed by atoms with van der Waals surface area (Å²) in [6.07, 6.45) is 8.51. The minimum Gasteiger partial charge on any atom is -0.494 e. The summed E-state index contributed by atoms with van der Waals surface area (Å²) in [7, 11) is 0.822. The van der Waals surface area contributed by atoms with Crippen LogP contribution in [0.1, 0.15) is 61.4 Å². The second-order valence-electron chi connectivity index (χ2n) is 18.8. The summed E-state index contributed by atoms with van der Waals surface area (Å²) in [6.45, 7) is 10.9. The molecule has 16 nitrogen and oxygen atoms in total. The van der Waals surface area contributed by atoms with Gasteiger partial charge in [0.15, 0.2) is 0 Å². The van der Waals surface area contributed by atoms with E-state index in [9.17, 15) is 18.9 Å². The van der Waals surface area contributed by atoms with Crippen molar-refractivity contribution in [1.29, 1.82) is 0 Å². The summed E-state index contributed by atoms with van der Waals surface area (Å²) in [5.41, 5.74) is 8.05. The Morgan fingerprint density at radius 3 is 2.43 bits per heavy atom. The van der Waals surface area contributed by atoms with Gasteiger partial charge in [-0.05, 0) is 110 Å². The highest BCUT2D eigenvalue weighted by Crippen LogP contribution is 2.54. The molecule has 0 spiro atoms. The number of hydrogen-bond acceptors (Lipinski definition) is 13. The van der Waals surface area contributed by atoms with Gasteiger partial charge in [-0.15, -0.1) is 0 Å². The Bertz CT molecular complexity index is 3040. The first-order valence-corrected chi connectivity index (χ1v) is 26.7. The third-order valence-electron chi connectivity index (χ3n) is 14.6. The number of para-hydroxylation sites is 1. The Labute approximate surface area is 404 Å². The van der Waals surface area contributed by atoms with Crippen LogP contribution >= 0.6 is 23.1 Å². The van der Waals surface area contributed by atoms with Gasteiger partial charge in [-0.2, -0.15) is 4.98 Å². The fourth-order valence-corrected chi connectivity index (χ4v) is 14.6. The Morgan fingerprint density at radius 2 is 1.68 bits per heavy atom. The molecule has 356 valence electrons. The number of anilines is 5. The van der Waals surface area contributed by atoms with Gasteiger partial charge in [-0.3, -0.25) is 33.9 Å². The van der Waals surface area contributed by atoms with Crippen molar-refractivity contribution in [3.8, 4) is 5.75 Å². The van der Waals surface area contributed by atoms with Crippen molar-refractivity contribution in [2.45, 2.75) is 70.9 Å². The van der Waals surface area contributed by atoms with Crippen LogP contribution in [0, 0.1) is 13.8 Å². The molecular formula is C50H59BrN11O5P. The topological polar surface area (TPSA) is 172 Å². The van der Waals surface area contributed by atoms with E-state index in [0.29, 0.717) is 46.8 Å². The van der Waals surface area contributed by atoms with Gasteiger partial charge in [0.1, 0.15) is 24.8 Å². The average molecular weight is 1000 g/mol. The molecule has 4 aliphatic heterocycles. The van der Waals surface area contributed by atoms with Crippen molar-refractivity contribution in [1.82, 2.24) is 39.2 Å². The van der Waals surface area contributed by atoms with E-state index < -0.39 is 19.1 Å². The number of imidazole rings is 1. The number of hydrogen-bond donors (Lipinski definition) is 3. The number of amides is 2. The average Bonchev–Trinajstić information content (AvgIpc) is 3.89. The van der Waals surface area contributed by atoms with Crippen molar-refractivity contribution in [3.63, 3.8) is 0 Å². The van der Waals surface area contributed by atoms with Crippen LogP contribution in [0.15, 0.2) is 70.1 Å². The zero-order valence-electron chi connectivity index (χ0n) is 39.2. The van der Waals surface area contributed by atoms with Gasteiger partial charge < -0.3 is 29.7 Å². The highest BCUT2D eigenvalue weighted by atomic mass is 79.9. The summed E-state index contributed by atoms with van der Waals surface area (Å²) in [6, 6.07) is 18.0. The Balaban J connectivity index is 0.758. The molecule has 0 saturated carbocycles. The predicted molar refractivity (Wildman–Crippen MR) is 272 cm³/mol. The number of fused-ring (bicyclic) bond motifs is 2. The maximum absolute atomic E-state index is 14.4. The van der Waals surface area contributed by atoms with Crippen LogP contribution in [-0.4, -0.2) is 117 Å². The summed E-state index contributed by atoms with van der Waals surface area (Å²) < 4.78 is 24.3. The molecule has 1 atom stereocenters. The number of halogens is 1. The minimum atomic E-state index is -2.63.